The standard InChI is InChI=1S/C15H23N3O2/c1-4-5-6-11-16-15(20)17-13-9-7-12(8-10-13)14(19)18(2)3/h7-10H,4-6,11H2,1-3H3,(H2,16,17,20). The molecule has 3 amide bonds. The van der Waals surface area contributed by atoms with Crippen LogP contribution in [0.2, 0.25) is 0 Å². The number of nitrogens with zero attached hydrogens (tertiary/aromatic N) is 1. The van der Waals surface area contributed by atoms with Gasteiger partial charge in [0.15, 0.2) is 0 Å². The number of hydrogen-bond acceptors (Lipinski definition) is 2. The molecule has 0 unspecified atom stereocenters. The SMILES string of the molecule is CCCCCNC(=O)Nc1ccc(C(=O)N(C)C)cc1. The molecule has 20 heavy (non-hydrogen) atoms. The number of benzene rings is 1. The number of unbranched alkanes of at least 4 members (excludes halogenated alkanes) is 2. The summed E-state index contributed by atoms with van der Waals surface area (Å²) in [5, 5.41) is 5.54. The topological polar surface area (TPSA) is 61.4 Å². The Morgan fingerprint density at radius 1 is 1.10 bits per heavy atom. The molecule has 0 aliphatic heterocycles. The van der Waals surface area contributed by atoms with E-state index in [1.807, 2.05) is 0 Å². The molecule has 1 rings (SSSR count). The molecule has 5 nitrogen and oxygen atoms in total. The van der Waals surface area contributed by atoms with Crippen LogP contribution in [0.15, 0.2) is 24.3 Å². The smallest absolute Gasteiger partial charge is 0.319 e. The number of carbonyl (C=O) groups is 2. The summed E-state index contributed by atoms with van der Waals surface area (Å²) >= 11 is 0. The van der Waals surface area contributed by atoms with Gasteiger partial charge in [0.05, 0.1) is 0 Å². The summed E-state index contributed by atoms with van der Waals surface area (Å²) in [4.78, 5) is 24.8. The lowest BCUT2D eigenvalue weighted by atomic mass is 10.2. The lowest BCUT2D eigenvalue weighted by Crippen LogP contribution is -2.29. The maximum atomic E-state index is 11.7. The van der Waals surface area contributed by atoms with Gasteiger partial charge in [-0.25, -0.2) is 4.79 Å². The van der Waals surface area contributed by atoms with Crippen LogP contribution in [0.25, 0.3) is 0 Å². The number of hydrogen-bond donors (Lipinski definition) is 2. The van der Waals surface area contributed by atoms with Crippen molar-refractivity contribution in [3.63, 3.8) is 0 Å². The molecule has 0 spiro atoms. The van der Waals surface area contributed by atoms with Gasteiger partial charge in [0, 0.05) is 31.9 Å². The lowest BCUT2D eigenvalue weighted by Gasteiger charge is -2.11. The van der Waals surface area contributed by atoms with E-state index in [2.05, 4.69) is 17.6 Å². The number of rotatable bonds is 6. The van der Waals surface area contributed by atoms with Crippen LogP contribution in [0.1, 0.15) is 36.5 Å². The Balaban J connectivity index is 2.45. The van der Waals surface area contributed by atoms with Crippen LogP contribution in [0, 0.1) is 0 Å². The Kier molecular flexibility index (Phi) is 6.56. The molecule has 1 aromatic rings. The second-order valence-corrected chi connectivity index (χ2v) is 4.86. The molecule has 5 heteroatoms. The first-order valence-electron chi connectivity index (χ1n) is 6.91. The third-order valence-corrected chi connectivity index (χ3v) is 2.86. The van der Waals surface area contributed by atoms with Gasteiger partial charge in [-0.3, -0.25) is 4.79 Å². The highest BCUT2D eigenvalue weighted by molar-refractivity contribution is 5.95. The van der Waals surface area contributed by atoms with Crippen molar-refractivity contribution in [3.05, 3.63) is 29.8 Å². The molecule has 110 valence electrons. The van der Waals surface area contributed by atoms with Gasteiger partial charge >= 0.3 is 6.03 Å². The molecule has 0 saturated heterocycles. The molecule has 0 heterocycles. The van der Waals surface area contributed by atoms with Crippen LogP contribution in [0.5, 0.6) is 0 Å². The summed E-state index contributed by atoms with van der Waals surface area (Å²) in [5.41, 5.74) is 1.28. The summed E-state index contributed by atoms with van der Waals surface area (Å²) < 4.78 is 0. The van der Waals surface area contributed by atoms with Crippen LogP contribution >= 0.6 is 0 Å². The fourth-order valence-corrected chi connectivity index (χ4v) is 1.71. The molecule has 0 aliphatic rings. The van der Waals surface area contributed by atoms with Crippen molar-refractivity contribution in [2.75, 3.05) is 26.0 Å². The Morgan fingerprint density at radius 2 is 1.75 bits per heavy atom. The molecule has 0 atom stereocenters. The molecule has 0 saturated carbocycles. The van der Waals surface area contributed by atoms with E-state index in [0.717, 1.165) is 19.3 Å². The van der Waals surface area contributed by atoms with Gasteiger partial charge in [-0.15, -0.1) is 0 Å². The quantitative estimate of drug-likeness (QED) is 0.785. The summed E-state index contributed by atoms with van der Waals surface area (Å²) in [6.07, 6.45) is 3.23. The largest absolute Gasteiger partial charge is 0.345 e. The molecule has 0 aromatic heterocycles. The van der Waals surface area contributed by atoms with Crippen molar-refractivity contribution >= 4 is 17.6 Å². The van der Waals surface area contributed by atoms with Crippen LogP contribution in [-0.4, -0.2) is 37.5 Å². The van der Waals surface area contributed by atoms with Crippen molar-refractivity contribution in [2.24, 2.45) is 0 Å². The van der Waals surface area contributed by atoms with E-state index < -0.39 is 0 Å². The minimum Gasteiger partial charge on any atom is -0.345 e. The molecule has 2 N–H and O–H groups in total. The van der Waals surface area contributed by atoms with E-state index in [-0.39, 0.29) is 11.9 Å². The van der Waals surface area contributed by atoms with Crippen molar-refractivity contribution < 1.29 is 9.59 Å². The zero-order chi connectivity index (χ0) is 15.0. The van der Waals surface area contributed by atoms with Gasteiger partial charge in [0.1, 0.15) is 0 Å². The molecule has 1 aromatic carbocycles. The highest BCUT2D eigenvalue weighted by Gasteiger charge is 2.07. The van der Waals surface area contributed by atoms with E-state index in [1.54, 1.807) is 38.4 Å². The lowest BCUT2D eigenvalue weighted by molar-refractivity contribution is 0.0827. The van der Waals surface area contributed by atoms with E-state index in [9.17, 15) is 9.59 Å². The highest BCUT2D eigenvalue weighted by Crippen LogP contribution is 2.10. The maximum Gasteiger partial charge on any atom is 0.319 e. The fourth-order valence-electron chi connectivity index (χ4n) is 1.71. The minimum absolute atomic E-state index is 0.0550. The van der Waals surface area contributed by atoms with Gasteiger partial charge in [-0.2, -0.15) is 0 Å². The highest BCUT2D eigenvalue weighted by atomic mass is 16.2. The van der Waals surface area contributed by atoms with Crippen LogP contribution in [-0.2, 0) is 0 Å². The third kappa shape index (κ3) is 5.30. The Labute approximate surface area is 120 Å². The zero-order valence-corrected chi connectivity index (χ0v) is 12.4. The first kappa shape index (κ1) is 16.0. The second-order valence-electron chi connectivity index (χ2n) is 4.86. The van der Waals surface area contributed by atoms with Crippen molar-refractivity contribution in [1.82, 2.24) is 10.2 Å². The molecule has 0 radical (unpaired) electrons. The predicted molar refractivity (Wildman–Crippen MR) is 81.0 cm³/mol. The summed E-state index contributed by atoms with van der Waals surface area (Å²) in [6.45, 7) is 2.80. The first-order chi connectivity index (χ1) is 9.54. The van der Waals surface area contributed by atoms with Gasteiger partial charge in [-0.05, 0) is 30.7 Å². The van der Waals surface area contributed by atoms with Gasteiger partial charge in [0.2, 0.25) is 0 Å². The molecular weight excluding hydrogens is 254 g/mol. The van der Waals surface area contributed by atoms with Gasteiger partial charge in [-0.1, -0.05) is 19.8 Å². The molecular formula is C15H23N3O2. The van der Waals surface area contributed by atoms with Crippen molar-refractivity contribution in [1.29, 1.82) is 0 Å². The summed E-state index contributed by atoms with van der Waals surface area (Å²) in [6, 6.07) is 6.64. The normalized spacial score (nSPS) is 9.95. The predicted octanol–water partition coefficient (Wildman–Crippen LogP) is 2.70. The van der Waals surface area contributed by atoms with E-state index in [1.165, 1.54) is 4.90 Å². The number of nitrogens with one attached hydrogen (secondary N) is 2. The van der Waals surface area contributed by atoms with E-state index >= 15 is 0 Å². The van der Waals surface area contributed by atoms with Gasteiger partial charge in [0.25, 0.3) is 5.91 Å². The fraction of sp³-hybridized carbons (Fsp3) is 0.467. The maximum absolute atomic E-state index is 11.7. The Hall–Kier alpha value is -2.04. The molecule has 0 aliphatic carbocycles. The average Bonchev–Trinajstić information content (AvgIpc) is 2.43. The van der Waals surface area contributed by atoms with Crippen LogP contribution < -0.4 is 10.6 Å². The second kappa shape index (κ2) is 8.19. The van der Waals surface area contributed by atoms with E-state index in [4.69, 9.17) is 0 Å². The van der Waals surface area contributed by atoms with Gasteiger partial charge < -0.3 is 15.5 Å². The third-order valence-electron chi connectivity index (χ3n) is 2.86. The Morgan fingerprint density at radius 3 is 2.30 bits per heavy atom. The number of amides is 3. The average molecular weight is 277 g/mol. The zero-order valence-electron chi connectivity index (χ0n) is 12.4. The number of urea groups is 1. The van der Waals surface area contributed by atoms with E-state index in [0.29, 0.717) is 17.8 Å². The van der Waals surface area contributed by atoms with Crippen molar-refractivity contribution in [3.8, 4) is 0 Å². The number of carbonyl (C=O) groups excluding carboxylic acids is 2. The first-order valence-corrected chi connectivity index (χ1v) is 6.91. The molecule has 0 fully saturated rings. The van der Waals surface area contributed by atoms with Crippen molar-refractivity contribution in [2.45, 2.75) is 26.2 Å². The number of anilines is 1. The molecule has 0 bridgehead atoms. The minimum atomic E-state index is -0.215. The van der Waals surface area contributed by atoms with Crippen LogP contribution in [0.4, 0.5) is 10.5 Å². The monoisotopic (exact) mass is 277 g/mol. The van der Waals surface area contributed by atoms with Crippen LogP contribution in [0.3, 0.4) is 0 Å². The Bertz CT molecular complexity index is 441. The summed E-state index contributed by atoms with van der Waals surface area (Å²) in [7, 11) is 3.41. The summed E-state index contributed by atoms with van der Waals surface area (Å²) in [5.74, 6) is -0.0550.